The van der Waals surface area contributed by atoms with Crippen molar-refractivity contribution in [2.24, 2.45) is 0 Å². The van der Waals surface area contributed by atoms with E-state index in [9.17, 15) is 0 Å². The molecule has 0 aromatic heterocycles. The topological polar surface area (TPSA) is 9.23 Å². The van der Waals surface area contributed by atoms with Crippen LogP contribution in [0.5, 0.6) is 5.75 Å². The predicted octanol–water partition coefficient (Wildman–Crippen LogP) is 4.90. The highest BCUT2D eigenvalue weighted by Gasteiger charge is 2.29. The third-order valence-corrected chi connectivity index (χ3v) is 4.58. The van der Waals surface area contributed by atoms with Crippen LogP contribution in [0.1, 0.15) is 33.7 Å². The van der Waals surface area contributed by atoms with E-state index >= 15 is 0 Å². The van der Waals surface area contributed by atoms with Crippen LogP contribution >= 0.6 is 15.9 Å². The molecule has 2 heteroatoms. The van der Waals surface area contributed by atoms with Crippen LogP contribution in [0.2, 0.25) is 0 Å². The Bertz CT molecular complexity index is 629. The van der Waals surface area contributed by atoms with Gasteiger partial charge in [0.1, 0.15) is 5.75 Å². The molecule has 0 saturated heterocycles. The number of rotatable bonds is 1. The Morgan fingerprint density at radius 1 is 1.05 bits per heavy atom. The maximum atomic E-state index is 5.98. The van der Waals surface area contributed by atoms with E-state index in [1.54, 1.807) is 0 Å². The van der Waals surface area contributed by atoms with Gasteiger partial charge < -0.3 is 4.74 Å². The maximum absolute atomic E-state index is 5.98. The summed E-state index contributed by atoms with van der Waals surface area (Å²) in [5.74, 6) is 1.47. The largest absolute Gasteiger partial charge is 0.492 e. The molecule has 0 bridgehead atoms. The van der Waals surface area contributed by atoms with Gasteiger partial charge >= 0.3 is 0 Å². The first-order valence-electron chi connectivity index (χ1n) is 6.57. The summed E-state index contributed by atoms with van der Waals surface area (Å²) in [5.41, 5.74) is 6.62. The molecule has 0 fully saturated rings. The molecule has 0 radical (unpaired) electrons. The van der Waals surface area contributed by atoms with Crippen LogP contribution in [0.3, 0.4) is 0 Å². The summed E-state index contributed by atoms with van der Waals surface area (Å²) in [6, 6.07) is 10.8. The van der Waals surface area contributed by atoms with Crippen LogP contribution in [0.15, 0.2) is 34.8 Å². The van der Waals surface area contributed by atoms with E-state index in [0.717, 1.165) is 16.8 Å². The molecule has 0 amide bonds. The van der Waals surface area contributed by atoms with E-state index in [-0.39, 0.29) is 0 Å². The summed E-state index contributed by atoms with van der Waals surface area (Å²) in [6.45, 7) is 7.24. The lowest BCUT2D eigenvalue weighted by atomic mass is 9.88. The van der Waals surface area contributed by atoms with Crippen molar-refractivity contribution in [2.75, 3.05) is 6.61 Å². The van der Waals surface area contributed by atoms with E-state index < -0.39 is 0 Å². The molecule has 1 aliphatic heterocycles. The number of fused-ring (bicyclic) bond motifs is 1. The quantitative estimate of drug-likeness (QED) is 0.727. The van der Waals surface area contributed by atoms with E-state index in [1.165, 1.54) is 27.8 Å². The van der Waals surface area contributed by atoms with Crippen LogP contribution in [0, 0.1) is 20.8 Å². The monoisotopic (exact) mass is 316 g/mol. The Labute approximate surface area is 122 Å². The van der Waals surface area contributed by atoms with Crippen LogP contribution in [-0.2, 0) is 0 Å². The zero-order valence-electron chi connectivity index (χ0n) is 11.5. The second-order valence-electron chi connectivity index (χ2n) is 5.29. The number of aryl methyl sites for hydroxylation is 2. The number of halogens is 1. The fraction of sp³-hybridized carbons (Fsp3) is 0.294. The zero-order valence-corrected chi connectivity index (χ0v) is 13.0. The molecule has 0 aliphatic carbocycles. The third-order valence-electron chi connectivity index (χ3n) is 4.05. The molecule has 1 aliphatic rings. The smallest absolute Gasteiger partial charge is 0.126 e. The van der Waals surface area contributed by atoms with Crippen molar-refractivity contribution in [1.82, 2.24) is 0 Å². The molecular weight excluding hydrogens is 300 g/mol. The molecule has 1 nitrogen and oxygen atoms in total. The van der Waals surface area contributed by atoms with Crippen molar-refractivity contribution in [3.05, 3.63) is 62.6 Å². The second kappa shape index (κ2) is 4.68. The molecule has 2 aromatic rings. The fourth-order valence-corrected chi connectivity index (χ4v) is 3.16. The molecule has 98 valence electrons. The number of benzene rings is 2. The SMILES string of the molecule is Cc1cc(C)c2c(c1C)OCC2c1ccc(Br)cc1. The van der Waals surface area contributed by atoms with Gasteiger partial charge in [-0.1, -0.05) is 34.1 Å². The average molecular weight is 317 g/mol. The second-order valence-corrected chi connectivity index (χ2v) is 6.21. The van der Waals surface area contributed by atoms with Crippen molar-refractivity contribution < 1.29 is 4.74 Å². The number of hydrogen-bond donors (Lipinski definition) is 0. The summed E-state index contributed by atoms with van der Waals surface area (Å²) < 4.78 is 7.09. The average Bonchev–Trinajstić information content (AvgIpc) is 2.82. The first-order chi connectivity index (χ1) is 9.08. The molecule has 19 heavy (non-hydrogen) atoms. The Kier molecular flexibility index (Phi) is 3.14. The van der Waals surface area contributed by atoms with Gasteiger partial charge in [-0.15, -0.1) is 0 Å². The molecule has 0 spiro atoms. The van der Waals surface area contributed by atoms with Gasteiger partial charge in [0.15, 0.2) is 0 Å². The van der Waals surface area contributed by atoms with E-state index in [2.05, 4.69) is 67.0 Å². The van der Waals surface area contributed by atoms with Crippen LogP contribution < -0.4 is 4.74 Å². The first-order valence-corrected chi connectivity index (χ1v) is 7.36. The normalized spacial score (nSPS) is 17.2. The van der Waals surface area contributed by atoms with Gasteiger partial charge in [0, 0.05) is 16.0 Å². The molecule has 1 unspecified atom stereocenters. The van der Waals surface area contributed by atoms with Gasteiger partial charge in [0.05, 0.1) is 6.61 Å². The Hall–Kier alpha value is -1.28. The predicted molar refractivity (Wildman–Crippen MR) is 82.1 cm³/mol. The summed E-state index contributed by atoms with van der Waals surface area (Å²) in [6.07, 6.45) is 0. The minimum absolute atomic E-state index is 0.363. The lowest BCUT2D eigenvalue weighted by Gasteiger charge is -2.14. The van der Waals surface area contributed by atoms with Gasteiger partial charge in [-0.25, -0.2) is 0 Å². The van der Waals surface area contributed by atoms with Crippen LogP contribution in [0.4, 0.5) is 0 Å². The summed E-state index contributed by atoms with van der Waals surface area (Å²) >= 11 is 3.49. The summed E-state index contributed by atoms with van der Waals surface area (Å²) in [4.78, 5) is 0. The maximum Gasteiger partial charge on any atom is 0.126 e. The zero-order chi connectivity index (χ0) is 13.6. The Morgan fingerprint density at radius 3 is 2.42 bits per heavy atom. The van der Waals surface area contributed by atoms with Gasteiger partial charge in [-0.05, 0) is 55.2 Å². The molecule has 1 atom stereocenters. The molecule has 0 N–H and O–H groups in total. The lowest BCUT2D eigenvalue weighted by molar-refractivity contribution is 0.341. The standard InChI is InChI=1S/C17H17BrO/c1-10-8-11(2)16-15(9-19-17(16)12(10)3)13-4-6-14(18)7-5-13/h4-8,15H,9H2,1-3H3. The fourth-order valence-electron chi connectivity index (χ4n) is 2.90. The van der Waals surface area contributed by atoms with Crippen molar-refractivity contribution in [1.29, 1.82) is 0 Å². The van der Waals surface area contributed by atoms with Gasteiger partial charge in [0.25, 0.3) is 0 Å². The highest BCUT2D eigenvalue weighted by atomic mass is 79.9. The Morgan fingerprint density at radius 2 is 1.74 bits per heavy atom. The molecule has 3 rings (SSSR count). The lowest BCUT2D eigenvalue weighted by Crippen LogP contribution is -2.03. The van der Waals surface area contributed by atoms with Gasteiger partial charge in [-0.3, -0.25) is 0 Å². The molecular formula is C17H17BrO. The number of ether oxygens (including phenoxy) is 1. The summed E-state index contributed by atoms with van der Waals surface area (Å²) in [7, 11) is 0. The van der Waals surface area contributed by atoms with E-state index in [1.807, 2.05) is 0 Å². The van der Waals surface area contributed by atoms with Crippen LogP contribution in [0.25, 0.3) is 0 Å². The van der Waals surface area contributed by atoms with Crippen molar-refractivity contribution in [3.8, 4) is 5.75 Å². The van der Waals surface area contributed by atoms with Gasteiger partial charge in [0.2, 0.25) is 0 Å². The molecule has 1 heterocycles. The third kappa shape index (κ3) is 2.08. The van der Waals surface area contributed by atoms with Crippen molar-refractivity contribution in [2.45, 2.75) is 26.7 Å². The first kappa shape index (κ1) is 12.7. The van der Waals surface area contributed by atoms with Crippen molar-refractivity contribution >= 4 is 15.9 Å². The highest BCUT2D eigenvalue weighted by Crippen LogP contribution is 2.43. The molecule has 0 saturated carbocycles. The minimum atomic E-state index is 0.363. The van der Waals surface area contributed by atoms with E-state index in [4.69, 9.17) is 4.74 Å². The summed E-state index contributed by atoms with van der Waals surface area (Å²) in [5, 5.41) is 0. The van der Waals surface area contributed by atoms with Gasteiger partial charge in [-0.2, -0.15) is 0 Å². The van der Waals surface area contributed by atoms with Crippen molar-refractivity contribution in [3.63, 3.8) is 0 Å². The molecule has 2 aromatic carbocycles. The number of hydrogen-bond acceptors (Lipinski definition) is 1. The van der Waals surface area contributed by atoms with Crippen LogP contribution in [-0.4, -0.2) is 6.61 Å². The highest BCUT2D eigenvalue weighted by molar-refractivity contribution is 9.10. The minimum Gasteiger partial charge on any atom is -0.492 e. The van der Waals surface area contributed by atoms with E-state index in [0.29, 0.717) is 5.92 Å². The Balaban J connectivity index is 2.12.